The normalized spacial score (nSPS) is 20.0. The van der Waals surface area contributed by atoms with Crippen LogP contribution in [0.25, 0.3) is 17.0 Å². The molecule has 0 N–H and O–H groups in total. The molecule has 6 nitrogen and oxygen atoms in total. The van der Waals surface area contributed by atoms with E-state index < -0.39 is 0 Å². The van der Waals surface area contributed by atoms with Crippen molar-refractivity contribution in [3.05, 3.63) is 71.5 Å². The molecule has 1 aromatic carbocycles. The zero-order valence-corrected chi connectivity index (χ0v) is 16.0. The molecule has 144 valence electrons. The lowest BCUT2D eigenvalue weighted by atomic mass is 9.67. The lowest BCUT2D eigenvalue weighted by molar-refractivity contribution is 0.268. The quantitative estimate of drug-likeness (QED) is 0.518. The molecule has 0 amide bonds. The van der Waals surface area contributed by atoms with Crippen LogP contribution in [0, 0.1) is 0 Å². The minimum Gasteiger partial charge on any atom is -0.472 e. The Labute approximate surface area is 168 Å². The van der Waals surface area contributed by atoms with Crippen LogP contribution in [0.3, 0.4) is 0 Å². The maximum Gasteiger partial charge on any atom is 0.236 e. The molecule has 0 spiro atoms. The predicted molar refractivity (Wildman–Crippen MR) is 109 cm³/mol. The van der Waals surface area contributed by atoms with E-state index in [-0.39, 0.29) is 0 Å². The van der Waals surface area contributed by atoms with Gasteiger partial charge in [0, 0.05) is 29.1 Å². The van der Waals surface area contributed by atoms with Gasteiger partial charge >= 0.3 is 0 Å². The van der Waals surface area contributed by atoms with Gasteiger partial charge in [-0.05, 0) is 55.2 Å². The zero-order chi connectivity index (χ0) is 19.2. The number of rotatable bonds is 4. The Bertz CT molecular complexity index is 1160. The van der Waals surface area contributed by atoms with E-state index in [1.54, 1.807) is 12.4 Å². The van der Waals surface area contributed by atoms with Crippen molar-refractivity contribution in [3.63, 3.8) is 0 Å². The third kappa shape index (κ3) is 2.70. The summed E-state index contributed by atoms with van der Waals surface area (Å²) >= 11 is 0. The molecule has 7 rings (SSSR count). The molecule has 3 aliphatic carbocycles. The van der Waals surface area contributed by atoms with Crippen LogP contribution >= 0.6 is 0 Å². The van der Waals surface area contributed by atoms with Crippen molar-refractivity contribution in [1.82, 2.24) is 24.8 Å². The fourth-order valence-corrected chi connectivity index (χ4v) is 4.90. The Balaban J connectivity index is 1.52. The van der Waals surface area contributed by atoms with Crippen molar-refractivity contribution in [1.29, 1.82) is 0 Å². The zero-order valence-electron chi connectivity index (χ0n) is 16.0. The summed E-state index contributed by atoms with van der Waals surface area (Å²) in [5, 5.41) is 14.0. The van der Waals surface area contributed by atoms with Crippen LogP contribution in [0.15, 0.2) is 54.9 Å². The number of nitrogens with zero attached hydrogens (tertiary/aromatic N) is 5. The van der Waals surface area contributed by atoms with Gasteiger partial charge in [0.2, 0.25) is 5.88 Å². The van der Waals surface area contributed by atoms with E-state index in [4.69, 9.17) is 9.84 Å². The van der Waals surface area contributed by atoms with E-state index in [9.17, 15) is 0 Å². The molecule has 1 fully saturated rings. The molecule has 3 aromatic heterocycles. The summed E-state index contributed by atoms with van der Waals surface area (Å²) in [5.74, 6) is 2.53. The van der Waals surface area contributed by atoms with E-state index in [2.05, 4.69) is 15.2 Å². The Morgan fingerprint density at radius 1 is 0.862 bits per heavy atom. The fraction of sp³-hybridized carbons (Fsp3) is 0.304. The van der Waals surface area contributed by atoms with Crippen LogP contribution < -0.4 is 4.74 Å². The van der Waals surface area contributed by atoms with Gasteiger partial charge in [0.25, 0.3) is 0 Å². The van der Waals surface area contributed by atoms with Gasteiger partial charge in [-0.2, -0.15) is 4.52 Å². The molecule has 0 radical (unpaired) electrons. The second-order valence-corrected chi connectivity index (χ2v) is 7.95. The van der Waals surface area contributed by atoms with Gasteiger partial charge < -0.3 is 4.74 Å². The van der Waals surface area contributed by atoms with Crippen molar-refractivity contribution in [3.8, 4) is 17.3 Å². The maximum absolute atomic E-state index is 6.30. The molecule has 0 atom stereocenters. The third-order valence-electron chi connectivity index (χ3n) is 6.29. The minimum atomic E-state index is 0.480. The van der Waals surface area contributed by atoms with Crippen molar-refractivity contribution in [2.24, 2.45) is 0 Å². The van der Waals surface area contributed by atoms with E-state index in [0.29, 0.717) is 18.4 Å². The number of hydrogen-bond donors (Lipinski definition) is 0. The highest BCUT2D eigenvalue weighted by Crippen LogP contribution is 2.53. The van der Waals surface area contributed by atoms with Crippen LogP contribution in [0.5, 0.6) is 5.88 Å². The second kappa shape index (κ2) is 6.65. The molecule has 29 heavy (non-hydrogen) atoms. The first-order chi connectivity index (χ1) is 14.4. The molecular weight excluding hydrogens is 362 g/mol. The lowest BCUT2D eigenvalue weighted by Gasteiger charge is -2.38. The number of fused-ring (bicyclic) bond motifs is 3. The summed E-state index contributed by atoms with van der Waals surface area (Å²) in [6, 6.07) is 14.1. The number of hydrogen-bond acceptors (Lipinski definition) is 5. The van der Waals surface area contributed by atoms with Crippen molar-refractivity contribution in [2.45, 2.75) is 44.1 Å². The molecule has 0 saturated heterocycles. The van der Waals surface area contributed by atoms with Gasteiger partial charge in [-0.1, -0.05) is 30.3 Å². The van der Waals surface area contributed by atoms with Gasteiger partial charge in [0.15, 0.2) is 11.5 Å². The fourth-order valence-electron chi connectivity index (χ4n) is 4.90. The Hall–Kier alpha value is -3.28. The van der Waals surface area contributed by atoms with Crippen molar-refractivity contribution >= 4 is 5.65 Å². The summed E-state index contributed by atoms with van der Waals surface area (Å²) in [7, 11) is 0. The first-order valence-corrected chi connectivity index (χ1v) is 10.2. The molecule has 1 saturated carbocycles. The summed E-state index contributed by atoms with van der Waals surface area (Å²) < 4.78 is 8.18. The summed E-state index contributed by atoms with van der Waals surface area (Å²) in [6.45, 7) is 0.480. The lowest BCUT2D eigenvalue weighted by Crippen LogP contribution is -2.25. The molecule has 0 aliphatic heterocycles. The predicted octanol–water partition coefficient (Wildman–Crippen LogP) is 4.52. The molecule has 2 bridgehead atoms. The number of pyridine rings is 1. The largest absolute Gasteiger partial charge is 0.472 e. The summed E-state index contributed by atoms with van der Waals surface area (Å²) in [6.07, 6.45) is 8.44. The third-order valence-corrected chi connectivity index (χ3v) is 6.29. The maximum atomic E-state index is 6.30. The summed E-state index contributed by atoms with van der Waals surface area (Å²) in [4.78, 5) is 4.09. The Morgan fingerprint density at radius 3 is 2.34 bits per heavy atom. The minimum absolute atomic E-state index is 0.480. The highest BCUT2D eigenvalue weighted by atomic mass is 16.5. The first-order valence-electron chi connectivity index (χ1n) is 10.2. The van der Waals surface area contributed by atoms with E-state index >= 15 is 0 Å². The van der Waals surface area contributed by atoms with E-state index in [1.807, 2.05) is 47.0 Å². The van der Waals surface area contributed by atoms with Crippen LogP contribution in [0.2, 0.25) is 0 Å². The first kappa shape index (κ1) is 16.7. The van der Waals surface area contributed by atoms with Gasteiger partial charge in [0.05, 0.1) is 0 Å². The number of benzene rings is 1. The SMILES string of the molecule is c1ccc(-c2nnc3c4c(c(OCc5ccncc5)nn23)C2CCC4CC2)cc1. The Morgan fingerprint density at radius 2 is 1.59 bits per heavy atom. The Kier molecular flexibility index (Phi) is 3.82. The van der Waals surface area contributed by atoms with Crippen molar-refractivity contribution < 1.29 is 4.74 Å². The van der Waals surface area contributed by atoms with Gasteiger partial charge in [0.1, 0.15) is 6.61 Å². The van der Waals surface area contributed by atoms with Gasteiger partial charge in [-0.3, -0.25) is 4.98 Å². The van der Waals surface area contributed by atoms with Crippen molar-refractivity contribution in [2.75, 3.05) is 0 Å². The summed E-state index contributed by atoms with van der Waals surface area (Å²) in [5.41, 5.74) is 5.56. The van der Waals surface area contributed by atoms with Crippen LogP contribution in [-0.4, -0.2) is 24.8 Å². The number of ether oxygens (including phenoxy) is 1. The monoisotopic (exact) mass is 383 g/mol. The van der Waals surface area contributed by atoms with Crippen LogP contribution in [0.1, 0.15) is 54.2 Å². The smallest absolute Gasteiger partial charge is 0.236 e. The molecule has 4 aromatic rings. The van der Waals surface area contributed by atoms with Gasteiger partial charge in [-0.15, -0.1) is 15.3 Å². The standard InChI is InChI=1S/C23H21N5O/c1-2-4-18(5-3-1)21-25-26-22-19-16-6-8-17(9-7-16)20(19)23(27-28(21)22)29-14-15-10-12-24-13-11-15/h1-5,10-13,16-17H,6-9,14H2. The second-order valence-electron chi connectivity index (χ2n) is 7.95. The number of aromatic nitrogens is 5. The molecule has 3 aliphatic rings. The van der Waals surface area contributed by atoms with Crippen LogP contribution in [0.4, 0.5) is 0 Å². The molecule has 6 heteroatoms. The van der Waals surface area contributed by atoms with Crippen LogP contribution in [-0.2, 0) is 6.61 Å². The highest BCUT2D eigenvalue weighted by Gasteiger charge is 2.39. The molecular formula is C23H21N5O. The molecule has 0 unspecified atom stereocenters. The average Bonchev–Trinajstić information content (AvgIpc) is 3.23. The van der Waals surface area contributed by atoms with E-state index in [1.165, 1.54) is 36.8 Å². The van der Waals surface area contributed by atoms with E-state index in [0.717, 1.165) is 28.5 Å². The average molecular weight is 383 g/mol. The molecule has 3 heterocycles. The topological polar surface area (TPSA) is 65.2 Å². The van der Waals surface area contributed by atoms with Gasteiger partial charge in [-0.25, -0.2) is 0 Å². The highest BCUT2D eigenvalue weighted by molar-refractivity contribution is 5.65.